The Hall–Kier alpha value is 0.0569. The van der Waals surface area contributed by atoms with Crippen LogP contribution in [0.2, 0.25) is 25.7 Å². The molecule has 0 aliphatic carbocycles. The maximum absolute atomic E-state index is 3.72. The van der Waals surface area contributed by atoms with E-state index in [2.05, 4.69) is 54.2 Å². The van der Waals surface area contributed by atoms with Crippen LogP contribution in [0, 0.1) is 0 Å². The first-order valence-corrected chi connectivity index (χ1v) is 11.5. The largest absolute Gasteiger partial charge is 0.299 e. The lowest BCUT2D eigenvalue weighted by Crippen LogP contribution is -2.70. The first-order chi connectivity index (χ1) is 8.86. The number of nitrogens with one attached hydrogen (secondary N) is 2. The zero-order valence-corrected chi connectivity index (χ0v) is 14.4. The van der Waals surface area contributed by atoms with E-state index >= 15 is 0 Å². The van der Waals surface area contributed by atoms with Crippen molar-refractivity contribution >= 4 is 8.07 Å². The highest BCUT2D eigenvalue weighted by atomic mass is 28.3. The van der Waals surface area contributed by atoms with E-state index in [-0.39, 0.29) is 5.66 Å². The van der Waals surface area contributed by atoms with Crippen molar-refractivity contribution in [3.05, 3.63) is 0 Å². The summed E-state index contributed by atoms with van der Waals surface area (Å²) in [6.07, 6.45) is 2.93. The van der Waals surface area contributed by atoms with Gasteiger partial charge in [-0.05, 0) is 40.0 Å². The minimum Gasteiger partial charge on any atom is -0.299 e. The number of nitrogens with zero attached hydrogens (tertiary/aromatic N) is 2. The summed E-state index contributed by atoms with van der Waals surface area (Å²) in [5.41, 5.74) is 0.167. The van der Waals surface area contributed by atoms with Crippen LogP contribution >= 0.6 is 0 Å². The summed E-state index contributed by atoms with van der Waals surface area (Å²) in [5.74, 6) is 0. The third kappa shape index (κ3) is 3.21. The summed E-state index contributed by atoms with van der Waals surface area (Å²) in [6, 6.07) is 1.39. The van der Waals surface area contributed by atoms with Gasteiger partial charge in [-0.15, -0.1) is 0 Å². The van der Waals surface area contributed by atoms with E-state index in [1.807, 2.05) is 0 Å². The Morgan fingerprint density at radius 2 is 1.58 bits per heavy atom. The number of likely N-dealkylation sites (N-methyl/N-ethyl adjacent to an activating group) is 2. The molecule has 0 aromatic rings. The Bertz CT molecular complexity index is 286. The van der Waals surface area contributed by atoms with Gasteiger partial charge in [-0.1, -0.05) is 25.7 Å². The summed E-state index contributed by atoms with van der Waals surface area (Å²) >= 11 is 0. The predicted octanol–water partition coefficient (Wildman–Crippen LogP) is 1.20. The average molecular weight is 285 g/mol. The average Bonchev–Trinajstić information content (AvgIpc) is 2.64. The van der Waals surface area contributed by atoms with Crippen LogP contribution in [0.5, 0.6) is 0 Å². The van der Waals surface area contributed by atoms with Crippen LogP contribution in [-0.4, -0.2) is 70.0 Å². The Kier molecular flexibility index (Phi) is 4.73. The highest BCUT2D eigenvalue weighted by Gasteiger charge is 2.49. The Morgan fingerprint density at radius 3 is 2.05 bits per heavy atom. The van der Waals surface area contributed by atoms with Gasteiger partial charge in [0.15, 0.2) is 0 Å². The smallest absolute Gasteiger partial charge is 0.102 e. The van der Waals surface area contributed by atoms with E-state index in [0.717, 1.165) is 13.1 Å². The van der Waals surface area contributed by atoms with Gasteiger partial charge in [0.25, 0.3) is 0 Å². The zero-order chi connectivity index (χ0) is 14.1. The fourth-order valence-electron chi connectivity index (χ4n) is 3.48. The highest BCUT2D eigenvalue weighted by molar-refractivity contribution is 6.76. The molecule has 2 fully saturated rings. The van der Waals surface area contributed by atoms with E-state index in [4.69, 9.17) is 0 Å². The topological polar surface area (TPSA) is 30.5 Å². The molecule has 2 N–H and O–H groups in total. The fraction of sp³-hybridized carbons (Fsp3) is 1.00. The molecule has 0 saturated carbocycles. The van der Waals surface area contributed by atoms with E-state index in [1.165, 1.54) is 32.0 Å². The lowest BCUT2D eigenvalue weighted by molar-refractivity contribution is -0.0132. The van der Waals surface area contributed by atoms with Gasteiger partial charge in [-0.3, -0.25) is 20.4 Å². The summed E-state index contributed by atoms with van der Waals surface area (Å²) in [7, 11) is 3.59. The van der Waals surface area contributed by atoms with Crippen LogP contribution in [-0.2, 0) is 0 Å². The lowest BCUT2D eigenvalue weighted by Gasteiger charge is -2.49. The first-order valence-electron chi connectivity index (χ1n) is 7.75. The molecule has 2 heterocycles. The lowest BCUT2D eigenvalue weighted by atomic mass is 9.99. The van der Waals surface area contributed by atoms with Gasteiger partial charge in [0, 0.05) is 21.2 Å². The zero-order valence-electron chi connectivity index (χ0n) is 13.4. The van der Waals surface area contributed by atoms with Crippen LogP contribution in [0.4, 0.5) is 0 Å². The molecule has 5 heteroatoms. The van der Waals surface area contributed by atoms with Gasteiger partial charge in [-0.25, -0.2) is 0 Å². The van der Waals surface area contributed by atoms with Crippen molar-refractivity contribution < 1.29 is 0 Å². The molecule has 0 bridgehead atoms. The molecule has 0 spiro atoms. The molecular formula is C14H32N4Si. The summed E-state index contributed by atoms with van der Waals surface area (Å²) in [5, 5.41) is 7.44. The number of rotatable bonds is 4. The second kappa shape index (κ2) is 5.82. The van der Waals surface area contributed by atoms with Crippen molar-refractivity contribution in [3.8, 4) is 0 Å². The van der Waals surface area contributed by atoms with Crippen molar-refractivity contribution in [3.63, 3.8) is 0 Å². The minimum absolute atomic E-state index is 0.167. The van der Waals surface area contributed by atoms with Crippen LogP contribution in [0.15, 0.2) is 0 Å². The first kappa shape index (κ1) is 15.4. The molecule has 2 aliphatic heterocycles. The van der Waals surface area contributed by atoms with E-state index in [0.29, 0.717) is 6.17 Å². The second-order valence-electron chi connectivity index (χ2n) is 7.48. The van der Waals surface area contributed by atoms with Gasteiger partial charge < -0.3 is 0 Å². The van der Waals surface area contributed by atoms with Crippen LogP contribution < -0.4 is 10.6 Å². The third-order valence-electron chi connectivity index (χ3n) is 4.85. The van der Waals surface area contributed by atoms with Crippen molar-refractivity contribution in [2.45, 2.75) is 50.4 Å². The Labute approximate surface area is 119 Å². The fourth-order valence-corrected chi connectivity index (χ4v) is 4.60. The van der Waals surface area contributed by atoms with Crippen molar-refractivity contribution in [2.75, 3.05) is 40.3 Å². The molecular weight excluding hydrogens is 252 g/mol. The summed E-state index contributed by atoms with van der Waals surface area (Å²) in [4.78, 5) is 5.15. The van der Waals surface area contributed by atoms with Gasteiger partial charge in [-0.2, -0.15) is 0 Å². The molecule has 0 atom stereocenters. The maximum Gasteiger partial charge on any atom is 0.102 e. The van der Waals surface area contributed by atoms with Crippen molar-refractivity contribution in [2.24, 2.45) is 0 Å². The molecule has 0 unspecified atom stereocenters. The highest BCUT2D eigenvalue weighted by Crippen LogP contribution is 2.34. The van der Waals surface area contributed by atoms with Crippen LogP contribution in [0.25, 0.3) is 0 Å². The molecule has 0 aromatic heterocycles. The molecule has 0 amide bonds. The quantitative estimate of drug-likeness (QED) is 0.760. The Morgan fingerprint density at radius 1 is 1.05 bits per heavy atom. The van der Waals surface area contributed by atoms with Crippen LogP contribution in [0.1, 0.15) is 12.8 Å². The molecule has 2 saturated heterocycles. The van der Waals surface area contributed by atoms with Gasteiger partial charge >= 0.3 is 0 Å². The van der Waals surface area contributed by atoms with E-state index in [1.54, 1.807) is 0 Å². The standard InChI is InChI=1S/C14H32N4Si/c1-17-10-11-18(2)14(17,7-12-19(3,4)5)13-15-8-6-9-16-13/h13,15-16H,6-12H2,1-5H3. The summed E-state index contributed by atoms with van der Waals surface area (Å²) < 4.78 is 0. The van der Waals surface area contributed by atoms with Gasteiger partial charge in [0.05, 0.1) is 6.17 Å². The third-order valence-corrected chi connectivity index (χ3v) is 6.60. The molecule has 0 aromatic carbocycles. The molecule has 19 heavy (non-hydrogen) atoms. The molecule has 4 nitrogen and oxygen atoms in total. The molecule has 0 radical (unpaired) electrons. The maximum atomic E-state index is 3.72. The van der Waals surface area contributed by atoms with E-state index in [9.17, 15) is 0 Å². The SMILES string of the molecule is CN1CCN(C)C1(CC[Si](C)(C)C)C1NCCCN1. The number of hydrogen-bond donors (Lipinski definition) is 2. The monoisotopic (exact) mass is 284 g/mol. The normalized spacial score (nSPS) is 27.0. The van der Waals surface area contributed by atoms with Crippen LogP contribution in [0.3, 0.4) is 0 Å². The molecule has 2 rings (SSSR count). The predicted molar refractivity (Wildman–Crippen MR) is 85.2 cm³/mol. The molecule has 2 aliphatic rings. The van der Waals surface area contributed by atoms with Crippen molar-refractivity contribution in [1.82, 2.24) is 20.4 Å². The minimum atomic E-state index is -1.00. The second-order valence-corrected chi connectivity index (χ2v) is 13.1. The van der Waals surface area contributed by atoms with E-state index < -0.39 is 8.07 Å². The Balaban J connectivity index is 2.16. The summed E-state index contributed by atoms with van der Waals surface area (Å²) in [6.45, 7) is 12.1. The van der Waals surface area contributed by atoms with Crippen molar-refractivity contribution in [1.29, 1.82) is 0 Å². The van der Waals surface area contributed by atoms with Gasteiger partial charge in [0.1, 0.15) is 5.66 Å². The molecule has 112 valence electrons. The van der Waals surface area contributed by atoms with Gasteiger partial charge in [0.2, 0.25) is 0 Å². The number of hydrogen-bond acceptors (Lipinski definition) is 4.